The average molecular weight is 255 g/mol. The van der Waals surface area contributed by atoms with E-state index in [1.165, 1.54) is 36.8 Å². The standard InChI is InChI=1S/C17H21NO/c1-19-14-6-5-12-9-16(18)10-13-4-2-3-7-17(13,11-16)15(12)8-14/h5-6,8,10H,2-4,7,9,11,18H2,1H3. The van der Waals surface area contributed by atoms with E-state index in [0.29, 0.717) is 0 Å². The van der Waals surface area contributed by atoms with Crippen LogP contribution >= 0.6 is 0 Å². The van der Waals surface area contributed by atoms with Crippen molar-refractivity contribution >= 4 is 0 Å². The molecule has 1 saturated carbocycles. The second-order valence-electron chi connectivity index (χ2n) is 6.57. The van der Waals surface area contributed by atoms with Crippen LogP contribution in [-0.4, -0.2) is 12.6 Å². The molecule has 2 atom stereocenters. The van der Waals surface area contributed by atoms with E-state index < -0.39 is 0 Å². The van der Waals surface area contributed by atoms with Gasteiger partial charge in [-0.1, -0.05) is 24.1 Å². The zero-order valence-corrected chi connectivity index (χ0v) is 11.5. The molecule has 0 saturated heterocycles. The highest BCUT2D eigenvalue weighted by Crippen LogP contribution is 2.57. The number of rotatable bonds is 1. The molecule has 2 bridgehead atoms. The fourth-order valence-electron chi connectivity index (χ4n) is 4.67. The second-order valence-corrected chi connectivity index (χ2v) is 6.57. The van der Waals surface area contributed by atoms with Crippen LogP contribution in [0.1, 0.15) is 43.2 Å². The van der Waals surface area contributed by atoms with Gasteiger partial charge < -0.3 is 10.5 Å². The van der Waals surface area contributed by atoms with Crippen molar-refractivity contribution in [2.75, 3.05) is 7.11 Å². The maximum absolute atomic E-state index is 6.63. The van der Waals surface area contributed by atoms with E-state index in [4.69, 9.17) is 10.5 Å². The first-order chi connectivity index (χ1) is 9.15. The molecule has 3 aliphatic rings. The lowest BCUT2D eigenvalue weighted by molar-refractivity contribution is 0.310. The highest BCUT2D eigenvalue weighted by molar-refractivity contribution is 5.55. The third-order valence-electron chi connectivity index (χ3n) is 5.36. The fourth-order valence-corrected chi connectivity index (χ4v) is 4.67. The summed E-state index contributed by atoms with van der Waals surface area (Å²) in [6.45, 7) is 0. The van der Waals surface area contributed by atoms with Gasteiger partial charge in [0.05, 0.1) is 7.11 Å². The normalized spacial score (nSPS) is 35.4. The molecule has 19 heavy (non-hydrogen) atoms. The van der Waals surface area contributed by atoms with Gasteiger partial charge in [0.15, 0.2) is 0 Å². The summed E-state index contributed by atoms with van der Waals surface area (Å²) in [4.78, 5) is 0. The first-order valence-corrected chi connectivity index (χ1v) is 7.34. The van der Waals surface area contributed by atoms with E-state index in [2.05, 4.69) is 24.3 Å². The van der Waals surface area contributed by atoms with Gasteiger partial charge >= 0.3 is 0 Å². The summed E-state index contributed by atoms with van der Waals surface area (Å²) in [5, 5.41) is 0. The van der Waals surface area contributed by atoms with Gasteiger partial charge in [0, 0.05) is 11.0 Å². The van der Waals surface area contributed by atoms with Crippen LogP contribution < -0.4 is 10.5 Å². The molecular weight excluding hydrogens is 234 g/mol. The molecule has 0 aliphatic heterocycles. The summed E-state index contributed by atoms with van der Waals surface area (Å²) >= 11 is 0. The van der Waals surface area contributed by atoms with Crippen molar-refractivity contribution in [1.82, 2.24) is 0 Å². The lowest BCUT2D eigenvalue weighted by Gasteiger charge is -2.43. The highest BCUT2D eigenvalue weighted by atomic mass is 16.5. The fraction of sp³-hybridized carbons (Fsp3) is 0.529. The van der Waals surface area contributed by atoms with E-state index in [0.717, 1.165) is 18.6 Å². The minimum Gasteiger partial charge on any atom is -0.497 e. The number of nitrogens with two attached hydrogens (primary N) is 1. The van der Waals surface area contributed by atoms with Crippen LogP contribution in [0, 0.1) is 0 Å². The third kappa shape index (κ3) is 1.47. The Labute approximate surface area is 114 Å². The SMILES string of the molecule is COc1ccc2c(c1)C13CCCCC1=CC(N)(C2)C3. The van der Waals surface area contributed by atoms with Crippen molar-refractivity contribution < 1.29 is 4.74 Å². The maximum atomic E-state index is 6.63. The Morgan fingerprint density at radius 1 is 1.26 bits per heavy atom. The van der Waals surface area contributed by atoms with Gasteiger partial charge in [-0.05, 0) is 55.4 Å². The Morgan fingerprint density at radius 3 is 3.00 bits per heavy atom. The predicted octanol–water partition coefficient (Wildman–Crippen LogP) is 3.09. The summed E-state index contributed by atoms with van der Waals surface area (Å²) in [7, 11) is 1.75. The molecule has 0 heterocycles. The van der Waals surface area contributed by atoms with Gasteiger partial charge in [-0.2, -0.15) is 0 Å². The number of benzene rings is 1. The van der Waals surface area contributed by atoms with Crippen LogP contribution in [0.5, 0.6) is 5.75 Å². The van der Waals surface area contributed by atoms with E-state index >= 15 is 0 Å². The minimum absolute atomic E-state index is 0.0960. The smallest absolute Gasteiger partial charge is 0.119 e. The lowest BCUT2D eigenvalue weighted by atomic mass is 9.61. The zero-order chi connectivity index (χ0) is 13.1. The van der Waals surface area contributed by atoms with Gasteiger partial charge in [0.1, 0.15) is 5.75 Å². The molecule has 3 aliphatic carbocycles. The third-order valence-corrected chi connectivity index (χ3v) is 5.36. The average Bonchev–Trinajstić information content (AvgIpc) is 2.66. The summed E-state index contributed by atoms with van der Waals surface area (Å²) in [5.41, 5.74) is 11.3. The molecule has 0 amide bonds. The predicted molar refractivity (Wildman–Crippen MR) is 76.5 cm³/mol. The Balaban J connectivity index is 1.94. The first kappa shape index (κ1) is 11.5. The molecule has 0 aromatic heterocycles. The summed E-state index contributed by atoms with van der Waals surface area (Å²) in [5.74, 6) is 0.981. The van der Waals surface area contributed by atoms with Crippen LogP contribution in [0.25, 0.3) is 0 Å². The molecule has 1 aromatic carbocycles. The number of ether oxygens (including phenoxy) is 1. The van der Waals surface area contributed by atoms with Crippen LogP contribution in [-0.2, 0) is 11.8 Å². The van der Waals surface area contributed by atoms with Crippen molar-refractivity contribution in [1.29, 1.82) is 0 Å². The minimum atomic E-state index is -0.0960. The second kappa shape index (κ2) is 3.63. The molecule has 0 radical (unpaired) electrons. The van der Waals surface area contributed by atoms with Crippen molar-refractivity contribution in [3.8, 4) is 5.75 Å². The Morgan fingerprint density at radius 2 is 2.16 bits per heavy atom. The van der Waals surface area contributed by atoms with Gasteiger partial charge in [-0.25, -0.2) is 0 Å². The van der Waals surface area contributed by atoms with E-state index in [-0.39, 0.29) is 11.0 Å². The molecule has 1 fully saturated rings. The molecule has 100 valence electrons. The molecule has 2 heteroatoms. The Hall–Kier alpha value is -1.28. The molecule has 4 rings (SSSR count). The van der Waals surface area contributed by atoms with E-state index in [9.17, 15) is 0 Å². The number of fused-ring (bicyclic) bond motifs is 2. The van der Waals surface area contributed by atoms with Crippen molar-refractivity contribution in [2.45, 2.75) is 49.5 Å². The topological polar surface area (TPSA) is 35.2 Å². The number of allylic oxidation sites excluding steroid dienone is 1. The molecular formula is C17H21NO. The van der Waals surface area contributed by atoms with E-state index in [1.54, 1.807) is 12.7 Å². The Bertz CT molecular complexity index is 577. The van der Waals surface area contributed by atoms with Crippen molar-refractivity contribution in [2.24, 2.45) is 5.73 Å². The first-order valence-electron chi connectivity index (χ1n) is 7.34. The monoisotopic (exact) mass is 255 g/mol. The molecule has 1 spiro atoms. The van der Waals surface area contributed by atoms with Crippen LogP contribution in [0.4, 0.5) is 0 Å². The Kier molecular flexibility index (Phi) is 2.21. The van der Waals surface area contributed by atoms with Gasteiger partial charge in [0.25, 0.3) is 0 Å². The van der Waals surface area contributed by atoms with Crippen LogP contribution in [0.2, 0.25) is 0 Å². The van der Waals surface area contributed by atoms with Crippen LogP contribution in [0.3, 0.4) is 0 Å². The molecule has 2 nitrogen and oxygen atoms in total. The molecule has 2 unspecified atom stereocenters. The summed E-state index contributed by atoms with van der Waals surface area (Å²) in [6.07, 6.45) is 9.63. The lowest BCUT2D eigenvalue weighted by Crippen LogP contribution is -2.46. The molecule has 1 aromatic rings. The van der Waals surface area contributed by atoms with Gasteiger partial charge in [-0.3, -0.25) is 0 Å². The number of hydrogen-bond acceptors (Lipinski definition) is 2. The van der Waals surface area contributed by atoms with Gasteiger partial charge in [0.2, 0.25) is 0 Å². The van der Waals surface area contributed by atoms with Crippen LogP contribution in [0.15, 0.2) is 29.8 Å². The zero-order valence-electron chi connectivity index (χ0n) is 11.5. The van der Waals surface area contributed by atoms with Crippen molar-refractivity contribution in [3.63, 3.8) is 0 Å². The molecule has 2 N–H and O–H groups in total. The summed E-state index contributed by atoms with van der Waals surface area (Å²) in [6, 6.07) is 6.56. The maximum Gasteiger partial charge on any atom is 0.119 e. The summed E-state index contributed by atoms with van der Waals surface area (Å²) < 4.78 is 5.44. The quantitative estimate of drug-likeness (QED) is 0.783. The number of methoxy groups -OCH3 is 1. The number of hydrogen-bond donors (Lipinski definition) is 1. The van der Waals surface area contributed by atoms with Crippen molar-refractivity contribution in [3.05, 3.63) is 41.0 Å². The van der Waals surface area contributed by atoms with Gasteiger partial charge in [-0.15, -0.1) is 0 Å². The largest absolute Gasteiger partial charge is 0.497 e. The highest BCUT2D eigenvalue weighted by Gasteiger charge is 2.52. The van der Waals surface area contributed by atoms with E-state index in [1.807, 2.05) is 0 Å².